The second-order valence-corrected chi connectivity index (χ2v) is 6.20. The number of nitrogens with one attached hydrogen (secondary N) is 2. The molecule has 0 unspecified atom stereocenters. The first-order valence-electron chi connectivity index (χ1n) is 7.84. The van der Waals surface area contributed by atoms with Crippen LogP contribution < -0.4 is 15.4 Å². The summed E-state index contributed by atoms with van der Waals surface area (Å²) in [5.74, 6) is 2.20. The van der Waals surface area contributed by atoms with Crippen molar-refractivity contribution < 1.29 is 9.15 Å². The molecule has 8 heteroatoms. The van der Waals surface area contributed by atoms with Crippen LogP contribution in [-0.2, 0) is 13.1 Å². The van der Waals surface area contributed by atoms with E-state index < -0.39 is 0 Å². The highest BCUT2D eigenvalue weighted by Crippen LogP contribution is 2.23. The van der Waals surface area contributed by atoms with Gasteiger partial charge in [0.05, 0.1) is 24.2 Å². The average Bonchev–Trinajstić information content (AvgIpc) is 3.34. The Morgan fingerprint density at radius 2 is 1.96 bits per heavy atom. The molecule has 0 atom stereocenters. The molecule has 138 valence electrons. The van der Waals surface area contributed by atoms with Crippen LogP contribution in [0.2, 0.25) is 0 Å². The van der Waals surface area contributed by atoms with Gasteiger partial charge in [-0.1, -0.05) is 18.2 Å². The minimum absolute atomic E-state index is 0. The molecule has 2 N–H and O–H groups in total. The van der Waals surface area contributed by atoms with Crippen LogP contribution in [0.4, 0.5) is 0 Å². The molecule has 3 aromatic rings. The molecule has 26 heavy (non-hydrogen) atoms. The number of hydrogen-bond donors (Lipinski definition) is 2. The Kier molecular flexibility index (Phi) is 7.92. The van der Waals surface area contributed by atoms with E-state index >= 15 is 0 Å². The molecule has 0 saturated heterocycles. The normalized spacial score (nSPS) is 10.9. The van der Waals surface area contributed by atoms with Gasteiger partial charge in [0, 0.05) is 13.6 Å². The summed E-state index contributed by atoms with van der Waals surface area (Å²) >= 11 is 1.60. The lowest BCUT2D eigenvalue weighted by molar-refractivity contribution is 0.414. The SMILES string of the molecule is CN=C(NCc1ccc(OC)cc1)NCc1coc(-c2cccs2)n1.I. The Morgan fingerprint density at radius 1 is 1.19 bits per heavy atom. The van der Waals surface area contributed by atoms with Gasteiger partial charge in [-0.15, -0.1) is 35.3 Å². The standard InChI is InChI=1S/C18H20N4O2S.HI/c1-19-18(20-10-13-5-7-15(23-2)8-6-13)21-11-14-12-24-17(22-14)16-4-3-9-25-16;/h3-9,12H,10-11H2,1-2H3,(H2,19,20,21);1H. The molecule has 0 aliphatic rings. The zero-order valence-corrected chi connectivity index (χ0v) is 17.7. The lowest BCUT2D eigenvalue weighted by Gasteiger charge is -2.11. The van der Waals surface area contributed by atoms with E-state index in [9.17, 15) is 0 Å². The minimum atomic E-state index is 0. The van der Waals surface area contributed by atoms with Crippen LogP contribution in [0, 0.1) is 0 Å². The largest absolute Gasteiger partial charge is 0.497 e. The first-order chi connectivity index (χ1) is 12.3. The van der Waals surface area contributed by atoms with Gasteiger partial charge >= 0.3 is 0 Å². The van der Waals surface area contributed by atoms with E-state index in [0.29, 0.717) is 24.9 Å². The van der Waals surface area contributed by atoms with Crippen LogP contribution in [0.25, 0.3) is 10.8 Å². The molecule has 0 aliphatic carbocycles. The Labute approximate surface area is 173 Å². The van der Waals surface area contributed by atoms with Gasteiger partial charge < -0.3 is 19.8 Å². The summed E-state index contributed by atoms with van der Waals surface area (Å²) in [6.45, 7) is 1.21. The fourth-order valence-corrected chi connectivity index (χ4v) is 2.88. The number of oxazole rings is 1. The molecule has 3 rings (SSSR count). The summed E-state index contributed by atoms with van der Waals surface area (Å²) in [7, 11) is 3.40. The fourth-order valence-electron chi connectivity index (χ4n) is 2.23. The highest BCUT2D eigenvalue weighted by molar-refractivity contribution is 14.0. The van der Waals surface area contributed by atoms with Crippen molar-refractivity contribution in [1.29, 1.82) is 0 Å². The van der Waals surface area contributed by atoms with Crippen molar-refractivity contribution in [3.05, 3.63) is 59.3 Å². The van der Waals surface area contributed by atoms with Crippen molar-refractivity contribution in [2.45, 2.75) is 13.1 Å². The van der Waals surface area contributed by atoms with Gasteiger partial charge in [-0.05, 0) is 29.1 Å². The zero-order chi connectivity index (χ0) is 17.5. The summed E-state index contributed by atoms with van der Waals surface area (Å²) in [6.07, 6.45) is 1.67. The molecule has 0 aliphatic heterocycles. The number of thiophene rings is 1. The number of nitrogens with zero attached hydrogens (tertiary/aromatic N) is 2. The Hall–Kier alpha value is -2.07. The van der Waals surface area contributed by atoms with Crippen molar-refractivity contribution in [3.63, 3.8) is 0 Å². The number of aliphatic imine (C=N–C) groups is 1. The molecule has 0 saturated carbocycles. The maximum absolute atomic E-state index is 5.51. The number of methoxy groups -OCH3 is 1. The third-order valence-corrected chi connectivity index (χ3v) is 4.42. The number of ether oxygens (including phenoxy) is 1. The lowest BCUT2D eigenvalue weighted by Crippen LogP contribution is -2.36. The highest BCUT2D eigenvalue weighted by Gasteiger charge is 2.08. The van der Waals surface area contributed by atoms with Crippen LogP contribution in [0.5, 0.6) is 5.75 Å². The van der Waals surface area contributed by atoms with E-state index in [0.717, 1.165) is 21.9 Å². The zero-order valence-electron chi connectivity index (χ0n) is 14.6. The first-order valence-corrected chi connectivity index (χ1v) is 8.72. The van der Waals surface area contributed by atoms with Gasteiger partial charge in [0.15, 0.2) is 5.96 Å². The predicted octanol–water partition coefficient (Wildman–Crippen LogP) is 3.89. The number of hydrogen-bond acceptors (Lipinski definition) is 5. The summed E-state index contributed by atoms with van der Waals surface area (Å²) < 4.78 is 10.7. The van der Waals surface area contributed by atoms with E-state index in [1.54, 1.807) is 31.8 Å². The topological polar surface area (TPSA) is 71.7 Å². The summed E-state index contributed by atoms with van der Waals surface area (Å²) in [4.78, 5) is 9.72. The van der Waals surface area contributed by atoms with Crippen LogP contribution in [0.3, 0.4) is 0 Å². The first kappa shape index (κ1) is 20.2. The maximum atomic E-state index is 5.51. The molecule has 2 heterocycles. The van der Waals surface area contributed by atoms with Gasteiger partial charge in [0.2, 0.25) is 5.89 Å². The quantitative estimate of drug-likeness (QED) is 0.316. The van der Waals surface area contributed by atoms with E-state index in [-0.39, 0.29) is 24.0 Å². The molecule has 0 spiro atoms. The second kappa shape index (κ2) is 10.2. The Bertz CT molecular complexity index is 816. The van der Waals surface area contributed by atoms with E-state index in [2.05, 4.69) is 20.6 Å². The molecular formula is C18H21IN4O2S. The summed E-state index contributed by atoms with van der Waals surface area (Å²) in [6, 6.07) is 11.9. The fraction of sp³-hybridized carbons (Fsp3) is 0.222. The van der Waals surface area contributed by atoms with Gasteiger partial charge in [-0.3, -0.25) is 4.99 Å². The molecule has 0 amide bonds. The molecular weight excluding hydrogens is 463 g/mol. The minimum Gasteiger partial charge on any atom is -0.497 e. The highest BCUT2D eigenvalue weighted by atomic mass is 127. The maximum Gasteiger partial charge on any atom is 0.236 e. The predicted molar refractivity (Wildman–Crippen MR) is 115 cm³/mol. The van der Waals surface area contributed by atoms with Crippen molar-refractivity contribution >= 4 is 41.3 Å². The molecule has 0 radical (unpaired) electrons. The van der Waals surface area contributed by atoms with E-state index in [1.807, 2.05) is 41.8 Å². The molecule has 2 aromatic heterocycles. The van der Waals surface area contributed by atoms with Crippen LogP contribution >= 0.6 is 35.3 Å². The van der Waals surface area contributed by atoms with Crippen molar-refractivity contribution in [1.82, 2.24) is 15.6 Å². The lowest BCUT2D eigenvalue weighted by atomic mass is 10.2. The number of benzene rings is 1. The molecule has 0 fully saturated rings. The van der Waals surface area contributed by atoms with E-state index in [4.69, 9.17) is 9.15 Å². The summed E-state index contributed by atoms with van der Waals surface area (Å²) in [5, 5.41) is 8.50. The van der Waals surface area contributed by atoms with E-state index in [1.165, 1.54) is 0 Å². The van der Waals surface area contributed by atoms with Crippen LogP contribution in [0.15, 0.2) is 57.5 Å². The van der Waals surface area contributed by atoms with Gasteiger partial charge in [-0.25, -0.2) is 4.98 Å². The molecule has 0 bridgehead atoms. The van der Waals surface area contributed by atoms with Crippen LogP contribution in [0.1, 0.15) is 11.3 Å². The number of halogens is 1. The number of guanidine groups is 1. The average molecular weight is 484 g/mol. The van der Waals surface area contributed by atoms with Crippen molar-refractivity contribution in [2.75, 3.05) is 14.2 Å². The molecule has 6 nitrogen and oxygen atoms in total. The van der Waals surface area contributed by atoms with Crippen molar-refractivity contribution in [2.24, 2.45) is 4.99 Å². The number of aromatic nitrogens is 1. The van der Waals surface area contributed by atoms with Crippen molar-refractivity contribution in [3.8, 4) is 16.5 Å². The number of rotatable bonds is 6. The van der Waals surface area contributed by atoms with Crippen LogP contribution in [-0.4, -0.2) is 25.1 Å². The second-order valence-electron chi connectivity index (χ2n) is 5.25. The third kappa shape index (κ3) is 5.46. The molecule has 1 aromatic carbocycles. The van der Waals surface area contributed by atoms with Gasteiger partial charge in [-0.2, -0.15) is 0 Å². The summed E-state index contributed by atoms with van der Waals surface area (Å²) in [5.41, 5.74) is 1.97. The Morgan fingerprint density at radius 3 is 2.62 bits per heavy atom. The van der Waals surface area contributed by atoms with Gasteiger partial charge in [0.25, 0.3) is 0 Å². The smallest absolute Gasteiger partial charge is 0.236 e. The van der Waals surface area contributed by atoms with Gasteiger partial charge in [0.1, 0.15) is 12.0 Å². The monoisotopic (exact) mass is 484 g/mol. The Balaban J connectivity index is 0.00000243. The third-order valence-electron chi connectivity index (χ3n) is 3.56.